The van der Waals surface area contributed by atoms with Crippen LogP contribution in [0.2, 0.25) is 5.15 Å². The van der Waals surface area contributed by atoms with E-state index < -0.39 is 0 Å². The Morgan fingerprint density at radius 2 is 2.08 bits per heavy atom. The van der Waals surface area contributed by atoms with Gasteiger partial charge in [-0.05, 0) is 36.5 Å². The number of carbonyl (C=O) groups is 1. The van der Waals surface area contributed by atoms with Crippen LogP contribution in [-0.2, 0) is 4.79 Å². The van der Waals surface area contributed by atoms with E-state index in [-0.39, 0.29) is 16.8 Å². The molecule has 5 nitrogen and oxygen atoms in total. The van der Waals surface area contributed by atoms with Crippen molar-refractivity contribution in [1.29, 1.82) is 0 Å². The largest absolute Gasteiger partial charge is 0.323 e. The molecule has 0 atom stereocenters. The molecule has 2 aromatic heterocycles. The maximum absolute atomic E-state index is 12.0. The highest BCUT2D eigenvalue weighted by molar-refractivity contribution is 8.01. The second-order valence-electron chi connectivity index (χ2n) is 4.56. The van der Waals surface area contributed by atoms with E-state index in [0.29, 0.717) is 9.64 Å². The SMILES string of the molecule is O=C(CSc1nn(-c2ccccc2)c(=S)s1)Nc1cccnc1Cl. The molecule has 1 amide bonds. The summed E-state index contributed by atoms with van der Waals surface area (Å²) in [7, 11) is 0. The first-order valence-corrected chi connectivity index (χ1v) is 9.41. The first kappa shape index (κ1) is 17.1. The molecular formula is C15H11ClN4OS3. The van der Waals surface area contributed by atoms with Crippen molar-refractivity contribution in [3.63, 3.8) is 0 Å². The van der Waals surface area contributed by atoms with Gasteiger partial charge in [-0.15, -0.1) is 5.10 Å². The smallest absolute Gasteiger partial charge is 0.234 e. The van der Waals surface area contributed by atoms with Crippen LogP contribution in [0.15, 0.2) is 53.0 Å². The Bertz CT molecular complexity index is 910. The first-order chi connectivity index (χ1) is 11.6. The van der Waals surface area contributed by atoms with Gasteiger partial charge in [-0.3, -0.25) is 4.79 Å². The molecule has 122 valence electrons. The number of amides is 1. The summed E-state index contributed by atoms with van der Waals surface area (Å²) in [6.45, 7) is 0. The van der Waals surface area contributed by atoms with Crippen molar-refractivity contribution >= 4 is 58.5 Å². The number of rotatable bonds is 5. The molecule has 1 N–H and O–H groups in total. The van der Waals surface area contributed by atoms with Gasteiger partial charge in [0.05, 0.1) is 17.1 Å². The number of carbonyl (C=O) groups excluding carboxylic acids is 1. The van der Waals surface area contributed by atoms with E-state index in [0.717, 1.165) is 10.0 Å². The van der Waals surface area contributed by atoms with Gasteiger partial charge >= 0.3 is 0 Å². The number of benzene rings is 1. The van der Waals surface area contributed by atoms with Crippen LogP contribution >= 0.6 is 46.9 Å². The number of halogens is 1. The van der Waals surface area contributed by atoms with E-state index in [1.165, 1.54) is 23.1 Å². The van der Waals surface area contributed by atoms with E-state index in [2.05, 4.69) is 15.4 Å². The van der Waals surface area contributed by atoms with Gasteiger partial charge in [-0.1, -0.05) is 52.9 Å². The van der Waals surface area contributed by atoms with Gasteiger partial charge in [0.2, 0.25) is 5.91 Å². The third-order valence-electron chi connectivity index (χ3n) is 2.89. The van der Waals surface area contributed by atoms with Gasteiger partial charge in [0, 0.05) is 6.20 Å². The minimum absolute atomic E-state index is 0.178. The number of thioether (sulfide) groups is 1. The van der Waals surface area contributed by atoms with Gasteiger partial charge in [-0.2, -0.15) is 0 Å². The fraction of sp³-hybridized carbons (Fsp3) is 0.0667. The van der Waals surface area contributed by atoms with Crippen molar-refractivity contribution in [1.82, 2.24) is 14.8 Å². The number of aromatic nitrogens is 3. The molecule has 0 aliphatic rings. The van der Waals surface area contributed by atoms with Gasteiger partial charge in [0.1, 0.15) is 0 Å². The highest BCUT2D eigenvalue weighted by Gasteiger charge is 2.10. The van der Waals surface area contributed by atoms with Crippen molar-refractivity contribution in [2.24, 2.45) is 0 Å². The standard InChI is InChI=1S/C15H11ClN4OS3/c16-13-11(7-4-8-17-13)18-12(21)9-23-14-19-20(15(22)24-14)10-5-2-1-3-6-10/h1-8H,9H2,(H,18,21). The molecule has 3 rings (SSSR count). The van der Waals surface area contributed by atoms with Crippen molar-refractivity contribution in [3.05, 3.63) is 57.8 Å². The third-order valence-corrected chi connectivity index (χ3v) is 5.56. The van der Waals surface area contributed by atoms with Crippen molar-refractivity contribution in [2.45, 2.75) is 4.34 Å². The van der Waals surface area contributed by atoms with Gasteiger partial charge < -0.3 is 5.32 Å². The van der Waals surface area contributed by atoms with Crippen LogP contribution in [0.4, 0.5) is 5.69 Å². The zero-order chi connectivity index (χ0) is 16.9. The molecule has 0 spiro atoms. The molecular weight excluding hydrogens is 384 g/mol. The average molecular weight is 395 g/mol. The average Bonchev–Trinajstić information content (AvgIpc) is 2.97. The fourth-order valence-electron chi connectivity index (χ4n) is 1.84. The number of hydrogen-bond acceptors (Lipinski definition) is 6. The molecule has 24 heavy (non-hydrogen) atoms. The van der Waals surface area contributed by atoms with E-state index in [9.17, 15) is 4.79 Å². The molecule has 0 bridgehead atoms. The highest BCUT2D eigenvalue weighted by atomic mass is 35.5. The lowest BCUT2D eigenvalue weighted by molar-refractivity contribution is -0.113. The molecule has 9 heteroatoms. The van der Waals surface area contributed by atoms with Crippen molar-refractivity contribution < 1.29 is 4.79 Å². The predicted octanol–water partition coefficient (Wildman–Crippen LogP) is 4.44. The van der Waals surface area contributed by atoms with Crippen LogP contribution in [0.5, 0.6) is 0 Å². The Morgan fingerprint density at radius 1 is 1.29 bits per heavy atom. The molecule has 1 aromatic carbocycles. The highest BCUT2D eigenvalue weighted by Crippen LogP contribution is 2.24. The Morgan fingerprint density at radius 3 is 2.83 bits per heavy atom. The summed E-state index contributed by atoms with van der Waals surface area (Å²) in [6, 6.07) is 13.1. The Balaban J connectivity index is 1.64. The molecule has 0 aliphatic heterocycles. The second kappa shape index (κ2) is 7.89. The summed E-state index contributed by atoms with van der Waals surface area (Å²) in [5.74, 6) is 0.0322. The van der Waals surface area contributed by atoms with E-state index in [4.69, 9.17) is 23.8 Å². The molecule has 2 heterocycles. The van der Waals surface area contributed by atoms with E-state index in [1.807, 2.05) is 30.3 Å². The van der Waals surface area contributed by atoms with Crippen molar-refractivity contribution in [3.8, 4) is 5.69 Å². The van der Waals surface area contributed by atoms with Crippen LogP contribution in [0, 0.1) is 3.95 Å². The summed E-state index contributed by atoms with van der Waals surface area (Å²) in [4.78, 5) is 15.9. The Hall–Kier alpha value is -1.74. The third kappa shape index (κ3) is 4.21. The van der Waals surface area contributed by atoms with E-state index in [1.54, 1.807) is 23.0 Å². The quantitative estimate of drug-likeness (QED) is 0.393. The molecule has 0 fully saturated rings. The number of nitrogens with one attached hydrogen (secondary N) is 1. The fourth-order valence-corrected chi connectivity index (χ4v) is 4.17. The zero-order valence-corrected chi connectivity index (χ0v) is 15.4. The van der Waals surface area contributed by atoms with Crippen LogP contribution < -0.4 is 5.32 Å². The molecule has 0 unspecified atom stereocenters. The minimum Gasteiger partial charge on any atom is -0.323 e. The van der Waals surface area contributed by atoms with Crippen LogP contribution in [0.25, 0.3) is 5.69 Å². The predicted molar refractivity (Wildman–Crippen MR) is 101 cm³/mol. The molecule has 0 aliphatic carbocycles. The Kier molecular flexibility index (Phi) is 5.62. The van der Waals surface area contributed by atoms with Crippen LogP contribution in [0.3, 0.4) is 0 Å². The number of para-hydroxylation sites is 1. The maximum Gasteiger partial charge on any atom is 0.234 e. The first-order valence-electron chi connectivity index (χ1n) is 6.82. The lowest BCUT2D eigenvalue weighted by Crippen LogP contribution is -2.14. The van der Waals surface area contributed by atoms with Crippen LogP contribution in [-0.4, -0.2) is 26.4 Å². The topological polar surface area (TPSA) is 59.8 Å². The summed E-state index contributed by atoms with van der Waals surface area (Å²) in [5.41, 5.74) is 1.39. The lowest BCUT2D eigenvalue weighted by Gasteiger charge is -2.04. The maximum atomic E-state index is 12.0. The van der Waals surface area contributed by atoms with Crippen LogP contribution in [0.1, 0.15) is 0 Å². The van der Waals surface area contributed by atoms with E-state index >= 15 is 0 Å². The second-order valence-corrected chi connectivity index (χ2v) is 7.76. The van der Waals surface area contributed by atoms with Gasteiger partial charge in [0.25, 0.3) is 0 Å². The molecule has 0 saturated carbocycles. The molecule has 0 saturated heterocycles. The summed E-state index contributed by atoms with van der Waals surface area (Å²) >= 11 is 14.0. The van der Waals surface area contributed by atoms with Crippen molar-refractivity contribution in [2.75, 3.05) is 11.1 Å². The monoisotopic (exact) mass is 394 g/mol. The Labute approximate surface area is 156 Å². The number of anilines is 1. The number of hydrogen-bond donors (Lipinski definition) is 1. The zero-order valence-electron chi connectivity index (χ0n) is 12.2. The number of nitrogens with zero attached hydrogens (tertiary/aromatic N) is 3. The number of pyridine rings is 1. The minimum atomic E-state index is -0.178. The lowest BCUT2D eigenvalue weighted by atomic mass is 10.3. The molecule has 3 aromatic rings. The summed E-state index contributed by atoms with van der Waals surface area (Å²) in [6.07, 6.45) is 1.57. The normalized spacial score (nSPS) is 10.5. The van der Waals surface area contributed by atoms with Gasteiger partial charge in [0.15, 0.2) is 13.4 Å². The summed E-state index contributed by atoms with van der Waals surface area (Å²) < 4.78 is 3.06. The molecule has 0 radical (unpaired) electrons. The summed E-state index contributed by atoms with van der Waals surface area (Å²) in [5, 5.41) is 7.44. The van der Waals surface area contributed by atoms with Gasteiger partial charge in [-0.25, -0.2) is 9.67 Å².